The molecular weight excluding hydrogens is 178 g/mol. The highest BCUT2D eigenvalue weighted by Crippen LogP contribution is 2.08. The lowest BCUT2D eigenvalue weighted by Crippen LogP contribution is -2.13. The second kappa shape index (κ2) is 3.69. The van der Waals surface area contributed by atoms with E-state index in [-0.39, 0.29) is 0 Å². The van der Waals surface area contributed by atoms with Gasteiger partial charge in [0.05, 0.1) is 29.5 Å². The monoisotopic (exact) mass is 189 g/mol. The van der Waals surface area contributed by atoms with Crippen LogP contribution in [0, 0.1) is 0 Å². The first-order valence-electron chi connectivity index (χ1n) is 4.36. The first-order chi connectivity index (χ1) is 6.75. The number of hydroxylamine groups is 2. The van der Waals surface area contributed by atoms with Crippen LogP contribution >= 0.6 is 0 Å². The summed E-state index contributed by atoms with van der Waals surface area (Å²) in [5, 5.41) is 10.1. The molecule has 2 aromatic rings. The maximum atomic E-state index is 9.04. The number of para-hydroxylation sites is 2. The van der Waals surface area contributed by atoms with Gasteiger partial charge in [0.1, 0.15) is 0 Å². The van der Waals surface area contributed by atoms with Crippen LogP contribution < -0.4 is 0 Å². The van der Waals surface area contributed by atoms with Crippen molar-refractivity contribution in [1.29, 1.82) is 0 Å². The zero-order chi connectivity index (χ0) is 9.97. The van der Waals surface area contributed by atoms with E-state index in [1.807, 2.05) is 24.3 Å². The lowest BCUT2D eigenvalue weighted by Gasteiger charge is -2.06. The van der Waals surface area contributed by atoms with E-state index in [1.165, 1.54) is 0 Å². The molecular formula is C10H11N3O. The summed E-state index contributed by atoms with van der Waals surface area (Å²) >= 11 is 0. The van der Waals surface area contributed by atoms with Crippen LogP contribution in [0.3, 0.4) is 0 Å². The minimum atomic E-state index is 0.387. The Morgan fingerprint density at radius 3 is 2.71 bits per heavy atom. The number of fused-ring (bicyclic) bond motifs is 1. The fourth-order valence-corrected chi connectivity index (χ4v) is 1.31. The topological polar surface area (TPSA) is 49.2 Å². The third kappa shape index (κ3) is 1.86. The molecule has 0 atom stereocenters. The third-order valence-electron chi connectivity index (χ3n) is 1.89. The van der Waals surface area contributed by atoms with Crippen molar-refractivity contribution in [3.05, 3.63) is 36.2 Å². The van der Waals surface area contributed by atoms with E-state index < -0.39 is 0 Å². The van der Waals surface area contributed by atoms with Gasteiger partial charge >= 0.3 is 0 Å². The molecule has 0 aliphatic carbocycles. The Hall–Kier alpha value is -1.52. The maximum Gasteiger partial charge on any atom is 0.0890 e. The first kappa shape index (κ1) is 9.05. The van der Waals surface area contributed by atoms with E-state index in [4.69, 9.17) is 5.21 Å². The molecule has 0 unspecified atom stereocenters. The summed E-state index contributed by atoms with van der Waals surface area (Å²) in [4.78, 5) is 8.59. The zero-order valence-electron chi connectivity index (χ0n) is 7.88. The van der Waals surface area contributed by atoms with Gasteiger partial charge in [-0.3, -0.25) is 4.98 Å². The summed E-state index contributed by atoms with van der Waals surface area (Å²) in [7, 11) is 1.58. The van der Waals surface area contributed by atoms with Crippen LogP contribution in [0.4, 0.5) is 0 Å². The summed E-state index contributed by atoms with van der Waals surface area (Å²) in [6.45, 7) is 0.387. The van der Waals surface area contributed by atoms with Gasteiger partial charge in [0.2, 0.25) is 0 Å². The molecule has 0 aliphatic heterocycles. The highest BCUT2D eigenvalue weighted by Gasteiger charge is 2.00. The Bertz CT molecular complexity index is 442. The minimum Gasteiger partial charge on any atom is -0.314 e. The van der Waals surface area contributed by atoms with Crippen LogP contribution in [0.2, 0.25) is 0 Å². The van der Waals surface area contributed by atoms with E-state index in [9.17, 15) is 0 Å². The fraction of sp³-hybridized carbons (Fsp3) is 0.200. The standard InChI is InChI=1S/C10H11N3O/c1-13(14)7-8-6-11-9-4-2-3-5-10(9)12-8/h2-6,14H,7H2,1H3. The largest absolute Gasteiger partial charge is 0.314 e. The van der Waals surface area contributed by atoms with Crippen LogP contribution in [0.5, 0.6) is 0 Å². The van der Waals surface area contributed by atoms with E-state index in [2.05, 4.69) is 9.97 Å². The predicted molar refractivity (Wildman–Crippen MR) is 52.8 cm³/mol. The summed E-state index contributed by atoms with van der Waals surface area (Å²) in [5.74, 6) is 0. The van der Waals surface area contributed by atoms with E-state index in [0.29, 0.717) is 6.54 Å². The van der Waals surface area contributed by atoms with E-state index >= 15 is 0 Å². The van der Waals surface area contributed by atoms with Gasteiger partial charge in [-0.1, -0.05) is 12.1 Å². The number of hydrogen-bond acceptors (Lipinski definition) is 4. The van der Waals surface area contributed by atoms with Gasteiger partial charge in [-0.25, -0.2) is 4.98 Å². The zero-order valence-corrected chi connectivity index (χ0v) is 7.88. The van der Waals surface area contributed by atoms with Crippen molar-refractivity contribution < 1.29 is 5.21 Å². The highest BCUT2D eigenvalue weighted by atomic mass is 16.5. The quantitative estimate of drug-likeness (QED) is 0.726. The van der Waals surface area contributed by atoms with Crippen molar-refractivity contribution in [2.45, 2.75) is 6.54 Å². The average molecular weight is 189 g/mol. The molecule has 0 aliphatic rings. The van der Waals surface area contributed by atoms with Crippen molar-refractivity contribution in [3.63, 3.8) is 0 Å². The van der Waals surface area contributed by atoms with Crippen molar-refractivity contribution in [1.82, 2.24) is 15.0 Å². The van der Waals surface area contributed by atoms with Crippen LogP contribution in [0.25, 0.3) is 11.0 Å². The summed E-state index contributed by atoms with van der Waals surface area (Å²) in [5.41, 5.74) is 2.48. The first-order valence-corrected chi connectivity index (χ1v) is 4.36. The minimum absolute atomic E-state index is 0.387. The van der Waals surface area contributed by atoms with Crippen molar-refractivity contribution in [3.8, 4) is 0 Å². The fourth-order valence-electron chi connectivity index (χ4n) is 1.31. The van der Waals surface area contributed by atoms with Gasteiger partial charge in [-0.15, -0.1) is 0 Å². The number of hydrogen-bond donors (Lipinski definition) is 1. The van der Waals surface area contributed by atoms with Crippen molar-refractivity contribution >= 4 is 11.0 Å². The lowest BCUT2D eigenvalue weighted by atomic mass is 10.3. The Morgan fingerprint density at radius 1 is 1.29 bits per heavy atom. The normalized spacial score (nSPS) is 11.1. The van der Waals surface area contributed by atoms with Gasteiger partial charge < -0.3 is 5.21 Å². The van der Waals surface area contributed by atoms with Gasteiger partial charge in [-0.05, 0) is 12.1 Å². The van der Waals surface area contributed by atoms with E-state index in [1.54, 1.807) is 13.2 Å². The third-order valence-corrected chi connectivity index (χ3v) is 1.89. The van der Waals surface area contributed by atoms with Crippen LogP contribution in [0.1, 0.15) is 5.69 Å². The molecule has 1 aromatic carbocycles. The molecule has 0 amide bonds. The van der Waals surface area contributed by atoms with Gasteiger partial charge in [-0.2, -0.15) is 5.06 Å². The van der Waals surface area contributed by atoms with Gasteiger partial charge in [0.15, 0.2) is 0 Å². The van der Waals surface area contributed by atoms with Crippen LogP contribution in [-0.4, -0.2) is 27.3 Å². The SMILES string of the molecule is CN(O)Cc1cnc2ccccc2n1. The van der Waals surface area contributed by atoms with Crippen molar-refractivity contribution in [2.75, 3.05) is 7.05 Å². The molecule has 0 radical (unpaired) electrons. The summed E-state index contributed by atoms with van der Waals surface area (Å²) in [6.07, 6.45) is 1.68. The molecule has 0 saturated carbocycles. The second-order valence-corrected chi connectivity index (χ2v) is 3.17. The Morgan fingerprint density at radius 2 is 2.00 bits per heavy atom. The molecule has 2 rings (SSSR count). The molecule has 1 N–H and O–H groups in total. The smallest absolute Gasteiger partial charge is 0.0890 e. The highest BCUT2D eigenvalue weighted by molar-refractivity contribution is 5.73. The van der Waals surface area contributed by atoms with Gasteiger partial charge in [0, 0.05) is 7.05 Å². The van der Waals surface area contributed by atoms with Crippen LogP contribution in [0.15, 0.2) is 30.5 Å². The summed E-state index contributed by atoms with van der Waals surface area (Å²) in [6, 6.07) is 7.66. The molecule has 0 fully saturated rings. The van der Waals surface area contributed by atoms with E-state index in [0.717, 1.165) is 21.8 Å². The lowest BCUT2D eigenvalue weighted by molar-refractivity contribution is -0.0740. The predicted octanol–water partition coefficient (Wildman–Crippen LogP) is 1.45. The molecule has 14 heavy (non-hydrogen) atoms. The Labute approximate surface area is 81.8 Å². The number of nitrogens with zero attached hydrogens (tertiary/aromatic N) is 3. The molecule has 1 heterocycles. The Balaban J connectivity index is 2.41. The molecule has 1 aromatic heterocycles. The summed E-state index contributed by atoms with van der Waals surface area (Å²) < 4.78 is 0. The number of aromatic nitrogens is 2. The maximum absolute atomic E-state index is 9.04. The van der Waals surface area contributed by atoms with Crippen LogP contribution in [-0.2, 0) is 6.54 Å². The average Bonchev–Trinajstić information content (AvgIpc) is 2.17. The number of benzene rings is 1. The Kier molecular flexibility index (Phi) is 2.39. The molecule has 0 saturated heterocycles. The molecule has 72 valence electrons. The number of rotatable bonds is 2. The molecule has 4 nitrogen and oxygen atoms in total. The van der Waals surface area contributed by atoms with Gasteiger partial charge in [0.25, 0.3) is 0 Å². The molecule has 4 heteroatoms. The molecule has 0 bridgehead atoms. The van der Waals surface area contributed by atoms with Crippen molar-refractivity contribution in [2.24, 2.45) is 0 Å². The second-order valence-electron chi connectivity index (χ2n) is 3.17. The molecule has 0 spiro atoms.